The summed E-state index contributed by atoms with van der Waals surface area (Å²) in [6.45, 7) is 0. The maximum atomic E-state index is 14.0. The van der Waals surface area contributed by atoms with Crippen LogP contribution in [0.4, 0.5) is 27.5 Å². The zero-order valence-corrected chi connectivity index (χ0v) is 13.9. The molecule has 136 valence electrons. The predicted molar refractivity (Wildman–Crippen MR) is 98.5 cm³/mol. The fourth-order valence-electron chi connectivity index (χ4n) is 2.22. The van der Waals surface area contributed by atoms with Gasteiger partial charge in [0.05, 0.1) is 6.20 Å². The fraction of sp³-hybridized carbons (Fsp3) is 0. The van der Waals surface area contributed by atoms with Gasteiger partial charge in [-0.1, -0.05) is 0 Å². The molecule has 0 unspecified atom stereocenters. The Bertz CT molecular complexity index is 990. The van der Waals surface area contributed by atoms with E-state index in [0.717, 1.165) is 6.20 Å². The van der Waals surface area contributed by atoms with E-state index in [1.165, 1.54) is 12.1 Å². The molecule has 0 aliphatic carbocycles. The highest BCUT2D eigenvalue weighted by atomic mass is 19.1. The van der Waals surface area contributed by atoms with Crippen LogP contribution in [0.5, 0.6) is 0 Å². The van der Waals surface area contributed by atoms with Crippen LogP contribution in [0.1, 0.15) is 20.7 Å². The van der Waals surface area contributed by atoms with Crippen molar-refractivity contribution in [3.63, 3.8) is 0 Å². The third-order valence-electron chi connectivity index (χ3n) is 3.60. The van der Waals surface area contributed by atoms with E-state index >= 15 is 0 Å². The van der Waals surface area contributed by atoms with Gasteiger partial charge in [-0.15, -0.1) is 0 Å². The second-order valence-corrected chi connectivity index (χ2v) is 5.52. The molecular weight excluding hydrogens is 351 g/mol. The van der Waals surface area contributed by atoms with Gasteiger partial charge in [-0.25, -0.2) is 9.37 Å². The number of carbonyl (C=O) groups is 2. The first-order chi connectivity index (χ1) is 12.9. The number of hydrogen-bond donors (Lipinski definition) is 4. The number of benzene rings is 2. The SMILES string of the molecule is NC(=O)c1ccc(Nc2ncc(F)c(Nc3ccc(C(N)=O)cc3)n2)cc1. The Kier molecular flexibility index (Phi) is 4.93. The summed E-state index contributed by atoms with van der Waals surface area (Å²) in [6, 6.07) is 12.5. The number of aromatic nitrogens is 2. The van der Waals surface area contributed by atoms with Gasteiger partial charge < -0.3 is 22.1 Å². The maximum Gasteiger partial charge on any atom is 0.248 e. The molecule has 6 N–H and O–H groups in total. The largest absolute Gasteiger partial charge is 0.366 e. The van der Waals surface area contributed by atoms with E-state index in [1.54, 1.807) is 36.4 Å². The van der Waals surface area contributed by atoms with Crippen molar-refractivity contribution in [2.24, 2.45) is 11.5 Å². The van der Waals surface area contributed by atoms with Crippen molar-refractivity contribution >= 4 is 35.0 Å². The molecule has 1 heterocycles. The van der Waals surface area contributed by atoms with Crippen LogP contribution in [0.3, 0.4) is 0 Å². The van der Waals surface area contributed by atoms with Gasteiger partial charge in [-0.05, 0) is 48.5 Å². The standard InChI is InChI=1S/C18H15FN6O2/c19-14-9-22-18(24-13-7-3-11(4-8-13)16(21)27)25-17(14)23-12-5-1-10(2-6-12)15(20)26/h1-9H,(H2,20,26)(H2,21,27)(H2,22,23,24,25). The molecule has 0 aliphatic rings. The Balaban J connectivity index is 1.77. The van der Waals surface area contributed by atoms with Crippen LogP contribution in [-0.2, 0) is 0 Å². The summed E-state index contributed by atoms with van der Waals surface area (Å²) in [7, 11) is 0. The molecule has 27 heavy (non-hydrogen) atoms. The first kappa shape index (κ1) is 17.8. The van der Waals surface area contributed by atoms with Gasteiger partial charge in [0.2, 0.25) is 17.8 Å². The number of hydrogen-bond acceptors (Lipinski definition) is 6. The molecule has 0 atom stereocenters. The van der Waals surface area contributed by atoms with Crippen molar-refractivity contribution in [1.82, 2.24) is 9.97 Å². The summed E-state index contributed by atoms with van der Waals surface area (Å²) < 4.78 is 14.0. The van der Waals surface area contributed by atoms with E-state index < -0.39 is 17.6 Å². The Hall–Kier alpha value is -4.01. The normalized spacial score (nSPS) is 10.3. The molecule has 9 heteroatoms. The van der Waals surface area contributed by atoms with Crippen molar-refractivity contribution in [1.29, 1.82) is 0 Å². The molecule has 0 radical (unpaired) electrons. The lowest BCUT2D eigenvalue weighted by molar-refractivity contribution is 0.0992. The third kappa shape index (κ3) is 4.34. The van der Waals surface area contributed by atoms with E-state index in [2.05, 4.69) is 20.6 Å². The Morgan fingerprint density at radius 2 is 1.30 bits per heavy atom. The lowest BCUT2D eigenvalue weighted by Crippen LogP contribution is -2.10. The summed E-state index contributed by atoms with van der Waals surface area (Å²) in [5.41, 5.74) is 12.2. The highest BCUT2D eigenvalue weighted by Crippen LogP contribution is 2.21. The summed E-state index contributed by atoms with van der Waals surface area (Å²) in [5.74, 6) is -1.63. The van der Waals surface area contributed by atoms with Crippen LogP contribution in [0, 0.1) is 5.82 Å². The van der Waals surface area contributed by atoms with Crippen molar-refractivity contribution in [2.45, 2.75) is 0 Å². The monoisotopic (exact) mass is 366 g/mol. The van der Waals surface area contributed by atoms with E-state index in [9.17, 15) is 14.0 Å². The van der Waals surface area contributed by atoms with Gasteiger partial charge in [0, 0.05) is 22.5 Å². The minimum Gasteiger partial charge on any atom is -0.366 e. The smallest absolute Gasteiger partial charge is 0.248 e. The molecule has 2 aromatic carbocycles. The van der Waals surface area contributed by atoms with Crippen molar-refractivity contribution < 1.29 is 14.0 Å². The third-order valence-corrected chi connectivity index (χ3v) is 3.60. The lowest BCUT2D eigenvalue weighted by Gasteiger charge is -2.10. The molecule has 0 bridgehead atoms. The number of rotatable bonds is 6. The van der Waals surface area contributed by atoms with Gasteiger partial charge in [0.15, 0.2) is 11.6 Å². The van der Waals surface area contributed by atoms with E-state index in [0.29, 0.717) is 22.5 Å². The number of nitrogens with two attached hydrogens (primary N) is 2. The number of nitrogens with zero attached hydrogens (tertiary/aromatic N) is 2. The van der Waals surface area contributed by atoms with E-state index in [4.69, 9.17) is 11.5 Å². The zero-order valence-electron chi connectivity index (χ0n) is 13.9. The number of halogens is 1. The number of primary amides is 2. The highest BCUT2D eigenvalue weighted by Gasteiger charge is 2.09. The quantitative estimate of drug-likeness (QED) is 0.528. The van der Waals surface area contributed by atoms with Crippen molar-refractivity contribution in [3.8, 4) is 0 Å². The number of amides is 2. The van der Waals surface area contributed by atoms with E-state index in [1.807, 2.05) is 0 Å². The minimum absolute atomic E-state index is 0.0481. The molecule has 0 saturated heterocycles. The van der Waals surface area contributed by atoms with Gasteiger partial charge in [-0.2, -0.15) is 4.98 Å². The van der Waals surface area contributed by atoms with Crippen LogP contribution in [0.2, 0.25) is 0 Å². The fourth-order valence-corrected chi connectivity index (χ4v) is 2.22. The summed E-state index contributed by atoms with van der Waals surface area (Å²) in [5, 5.41) is 5.71. The van der Waals surface area contributed by atoms with Gasteiger partial charge >= 0.3 is 0 Å². The topological polar surface area (TPSA) is 136 Å². The second-order valence-electron chi connectivity index (χ2n) is 5.52. The Morgan fingerprint density at radius 1 is 0.815 bits per heavy atom. The maximum absolute atomic E-state index is 14.0. The predicted octanol–water partition coefficient (Wildman–Crippen LogP) is 2.30. The lowest BCUT2D eigenvalue weighted by atomic mass is 10.2. The van der Waals surface area contributed by atoms with Crippen LogP contribution < -0.4 is 22.1 Å². The Morgan fingerprint density at radius 3 is 1.78 bits per heavy atom. The molecule has 3 aromatic rings. The summed E-state index contributed by atoms with van der Waals surface area (Å²) in [6.07, 6.45) is 1.02. The molecule has 8 nitrogen and oxygen atoms in total. The Labute approximate surface area is 153 Å². The molecule has 0 saturated carbocycles. The zero-order chi connectivity index (χ0) is 19.4. The minimum atomic E-state index is -0.649. The number of carbonyl (C=O) groups excluding carboxylic acids is 2. The first-order valence-corrected chi connectivity index (χ1v) is 7.79. The number of nitrogens with one attached hydrogen (secondary N) is 2. The second kappa shape index (κ2) is 7.48. The van der Waals surface area contributed by atoms with Gasteiger partial charge in [-0.3, -0.25) is 9.59 Å². The van der Waals surface area contributed by atoms with Crippen LogP contribution in [0.25, 0.3) is 0 Å². The molecule has 1 aromatic heterocycles. The molecule has 0 spiro atoms. The van der Waals surface area contributed by atoms with Crippen molar-refractivity contribution in [2.75, 3.05) is 10.6 Å². The summed E-state index contributed by atoms with van der Waals surface area (Å²) in [4.78, 5) is 30.1. The molecule has 0 fully saturated rings. The first-order valence-electron chi connectivity index (χ1n) is 7.79. The highest BCUT2D eigenvalue weighted by molar-refractivity contribution is 5.93. The number of anilines is 4. The molecule has 3 rings (SSSR count). The van der Waals surface area contributed by atoms with Gasteiger partial charge in [0.25, 0.3) is 0 Å². The van der Waals surface area contributed by atoms with Crippen LogP contribution in [0.15, 0.2) is 54.7 Å². The van der Waals surface area contributed by atoms with E-state index in [-0.39, 0.29) is 11.8 Å². The molecule has 2 amide bonds. The van der Waals surface area contributed by atoms with Gasteiger partial charge in [0.1, 0.15) is 0 Å². The summed E-state index contributed by atoms with van der Waals surface area (Å²) >= 11 is 0. The van der Waals surface area contributed by atoms with Crippen LogP contribution >= 0.6 is 0 Å². The van der Waals surface area contributed by atoms with Crippen LogP contribution in [-0.4, -0.2) is 21.8 Å². The molecular formula is C18H15FN6O2. The average Bonchev–Trinajstić information content (AvgIpc) is 2.65. The average molecular weight is 366 g/mol. The van der Waals surface area contributed by atoms with Crippen molar-refractivity contribution in [3.05, 3.63) is 71.7 Å². The molecule has 0 aliphatic heterocycles.